The second kappa shape index (κ2) is 5.53. The van der Waals surface area contributed by atoms with Crippen LogP contribution in [0.25, 0.3) is 11.6 Å². The van der Waals surface area contributed by atoms with Crippen LogP contribution in [0.1, 0.15) is 35.4 Å². The smallest absolute Gasteiger partial charge is 0.196 e. The van der Waals surface area contributed by atoms with E-state index in [-0.39, 0.29) is 0 Å². The van der Waals surface area contributed by atoms with Gasteiger partial charge in [-0.1, -0.05) is 6.92 Å². The lowest BCUT2D eigenvalue weighted by molar-refractivity contribution is 0.574. The molecule has 4 nitrogen and oxygen atoms in total. The van der Waals surface area contributed by atoms with Gasteiger partial charge in [-0.05, 0) is 50.9 Å². The third-order valence-corrected chi connectivity index (χ3v) is 3.40. The lowest BCUT2D eigenvalue weighted by atomic mass is 9.98. The number of likely N-dealkylation sites (N-methyl/N-ethyl adjacent to an activating group) is 1. The standard InChI is InChI=1S/C15H21N3O/c1-9-6-7-19-14(9)15-17-11(3)13(12(4)18-15)10(2)8-16-5/h6-7,10,16H,8H2,1-5H3. The lowest BCUT2D eigenvalue weighted by Crippen LogP contribution is -2.17. The molecule has 1 unspecified atom stereocenters. The zero-order chi connectivity index (χ0) is 14.0. The number of nitrogens with one attached hydrogen (secondary N) is 1. The molecule has 0 fully saturated rings. The van der Waals surface area contributed by atoms with E-state index in [0.29, 0.717) is 11.7 Å². The zero-order valence-corrected chi connectivity index (χ0v) is 12.2. The first-order valence-electron chi connectivity index (χ1n) is 6.58. The Morgan fingerprint density at radius 2 is 1.84 bits per heavy atom. The molecule has 0 radical (unpaired) electrons. The minimum atomic E-state index is 0.400. The van der Waals surface area contributed by atoms with E-state index < -0.39 is 0 Å². The van der Waals surface area contributed by atoms with Crippen molar-refractivity contribution in [3.8, 4) is 11.6 Å². The molecule has 102 valence electrons. The second-order valence-corrected chi connectivity index (χ2v) is 5.02. The summed E-state index contributed by atoms with van der Waals surface area (Å²) in [4.78, 5) is 9.22. The van der Waals surface area contributed by atoms with Crippen LogP contribution in [0.5, 0.6) is 0 Å². The second-order valence-electron chi connectivity index (χ2n) is 5.02. The van der Waals surface area contributed by atoms with Crippen LogP contribution < -0.4 is 5.32 Å². The maximum Gasteiger partial charge on any atom is 0.196 e. The molecule has 4 heteroatoms. The van der Waals surface area contributed by atoms with Gasteiger partial charge in [0.15, 0.2) is 11.6 Å². The van der Waals surface area contributed by atoms with E-state index in [0.717, 1.165) is 29.3 Å². The molecule has 19 heavy (non-hydrogen) atoms. The highest BCUT2D eigenvalue weighted by Gasteiger charge is 2.17. The van der Waals surface area contributed by atoms with Crippen LogP contribution in [0.3, 0.4) is 0 Å². The number of aryl methyl sites for hydroxylation is 3. The molecule has 0 saturated heterocycles. The van der Waals surface area contributed by atoms with Gasteiger partial charge in [0.2, 0.25) is 0 Å². The maximum absolute atomic E-state index is 5.47. The molecule has 0 amide bonds. The molecule has 1 atom stereocenters. The summed E-state index contributed by atoms with van der Waals surface area (Å²) >= 11 is 0. The molecule has 2 aromatic heterocycles. The average molecular weight is 259 g/mol. The molecule has 0 spiro atoms. The summed E-state index contributed by atoms with van der Waals surface area (Å²) in [7, 11) is 1.96. The van der Waals surface area contributed by atoms with E-state index >= 15 is 0 Å². The normalized spacial score (nSPS) is 12.7. The Labute approximate surface area is 114 Å². The summed E-state index contributed by atoms with van der Waals surface area (Å²) in [5.41, 5.74) is 4.35. The Hall–Kier alpha value is -1.68. The van der Waals surface area contributed by atoms with E-state index in [4.69, 9.17) is 4.42 Å². The summed E-state index contributed by atoms with van der Waals surface area (Å²) < 4.78 is 5.47. The quantitative estimate of drug-likeness (QED) is 0.917. The van der Waals surface area contributed by atoms with Crippen molar-refractivity contribution >= 4 is 0 Å². The van der Waals surface area contributed by atoms with Gasteiger partial charge in [0.05, 0.1) is 6.26 Å². The topological polar surface area (TPSA) is 51.0 Å². The van der Waals surface area contributed by atoms with Gasteiger partial charge in [0.25, 0.3) is 0 Å². The van der Waals surface area contributed by atoms with Gasteiger partial charge in [0, 0.05) is 17.9 Å². The number of hydrogen-bond donors (Lipinski definition) is 1. The fourth-order valence-electron chi connectivity index (χ4n) is 2.55. The minimum Gasteiger partial charge on any atom is -0.461 e. The monoisotopic (exact) mass is 259 g/mol. The van der Waals surface area contributed by atoms with Crippen molar-refractivity contribution in [2.75, 3.05) is 13.6 Å². The Morgan fingerprint density at radius 1 is 1.21 bits per heavy atom. The molecular formula is C15H21N3O. The van der Waals surface area contributed by atoms with E-state index in [2.05, 4.69) is 22.2 Å². The zero-order valence-electron chi connectivity index (χ0n) is 12.2. The molecular weight excluding hydrogens is 238 g/mol. The van der Waals surface area contributed by atoms with Crippen molar-refractivity contribution in [2.24, 2.45) is 0 Å². The van der Waals surface area contributed by atoms with Gasteiger partial charge in [-0.3, -0.25) is 0 Å². The summed E-state index contributed by atoms with van der Waals surface area (Å²) in [6, 6.07) is 1.93. The van der Waals surface area contributed by atoms with E-state index in [9.17, 15) is 0 Å². The Balaban J connectivity index is 2.45. The fourth-order valence-corrected chi connectivity index (χ4v) is 2.55. The summed E-state index contributed by atoms with van der Waals surface area (Å²) in [5, 5.41) is 3.20. The first-order valence-corrected chi connectivity index (χ1v) is 6.58. The van der Waals surface area contributed by atoms with Crippen LogP contribution >= 0.6 is 0 Å². The van der Waals surface area contributed by atoms with Crippen molar-refractivity contribution in [2.45, 2.75) is 33.6 Å². The summed E-state index contributed by atoms with van der Waals surface area (Å²) in [6.45, 7) is 9.19. The molecule has 0 aliphatic carbocycles. The Bertz CT molecular complexity index is 552. The third kappa shape index (κ3) is 2.68. The first-order chi connectivity index (χ1) is 9.04. The SMILES string of the molecule is CNCC(C)c1c(C)nc(-c2occc2C)nc1C. The van der Waals surface area contributed by atoms with Gasteiger partial charge >= 0.3 is 0 Å². The Kier molecular flexibility index (Phi) is 4.00. The van der Waals surface area contributed by atoms with Gasteiger partial charge in [-0.25, -0.2) is 9.97 Å². The van der Waals surface area contributed by atoms with E-state index in [1.54, 1.807) is 6.26 Å². The van der Waals surface area contributed by atoms with Gasteiger partial charge < -0.3 is 9.73 Å². The first kappa shape index (κ1) is 13.7. The summed E-state index contributed by atoms with van der Waals surface area (Å²) in [5.74, 6) is 1.84. The van der Waals surface area contributed by atoms with Crippen LogP contribution in [-0.2, 0) is 0 Å². The van der Waals surface area contributed by atoms with Gasteiger partial charge in [0.1, 0.15) is 0 Å². The number of nitrogens with zero attached hydrogens (tertiary/aromatic N) is 2. The lowest BCUT2D eigenvalue weighted by Gasteiger charge is -2.16. The van der Waals surface area contributed by atoms with Gasteiger partial charge in [-0.2, -0.15) is 0 Å². The largest absolute Gasteiger partial charge is 0.461 e. The minimum absolute atomic E-state index is 0.400. The highest BCUT2D eigenvalue weighted by atomic mass is 16.3. The van der Waals surface area contributed by atoms with Crippen LogP contribution in [0.2, 0.25) is 0 Å². The van der Waals surface area contributed by atoms with E-state index in [1.807, 2.05) is 33.9 Å². The molecule has 2 heterocycles. The number of hydrogen-bond acceptors (Lipinski definition) is 4. The number of rotatable bonds is 4. The average Bonchev–Trinajstić information content (AvgIpc) is 2.74. The van der Waals surface area contributed by atoms with Crippen LogP contribution in [0, 0.1) is 20.8 Å². The predicted octanol–water partition coefficient (Wildman–Crippen LogP) is 2.98. The molecule has 0 saturated carbocycles. The molecule has 2 aromatic rings. The molecule has 0 aliphatic rings. The fraction of sp³-hybridized carbons (Fsp3) is 0.467. The van der Waals surface area contributed by atoms with E-state index in [1.165, 1.54) is 5.56 Å². The van der Waals surface area contributed by atoms with Gasteiger partial charge in [-0.15, -0.1) is 0 Å². The van der Waals surface area contributed by atoms with Crippen LogP contribution in [-0.4, -0.2) is 23.6 Å². The van der Waals surface area contributed by atoms with Crippen molar-refractivity contribution in [3.05, 3.63) is 34.8 Å². The van der Waals surface area contributed by atoms with Crippen molar-refractivity contribution in [1.82, 2.24) is 15.3 Å². The predicted molar refractivity (Wildman–Crippen MR) is 76.3 cm³/mol. The van der Waals surface area contributed by atoms with Crippen molar-refractivity contribution < 1.29 is 4.42 Å². The molecule has 0 aliphatic heterocycles. The van der Waals surface area contributed by atoms with Crippen molar-refractivity contribution in [3.63, 3.8) is 0 Å². The van der Waals surface area contributed by atoms with Crippen molar-refractivity contribution in [1.29, 1.82) is 0 Å². The van der Waals surface area contributed by atoms with Crippen LogP contribution in [0.15, 0.2) is 16.7 Å². The number of furan rings is 1. The summed E-state index contributed by atoms with van der Waals surface area (Å²) in [6.07, 6.45) is 1.68. The number of aromatic nitrogens is 2. The molecule has 2 rings (SSSR count). The Morgan fingerprint density at radius 3 is 2.32 bits per heavy atom. The molecule has 0 aromatic carbocycles. The highest BCUT2D eigenvalue weighted by Crippen LogP contribution is 2.26. The third-order valence-electron chi connectivity index (χ3n) is 3.40. The maximum atomic E-state index is 5.47. The highest BCUT2D eigenvalue weighted by molar-refractivity contribution is 5.53. The molecule has 1 N–H and O–H groups in total. The molecule has 0 bridgehead atoms. The van der Waals surface area contributed by atoms with Crippen LogP contribution in [0.4, 0.5) is 0 Å².